The molecule has 0 N–H and O–H groups in total. The number of hydrogen-bond acceptors (Lipinski definition) is 6. The average molecular weight is 342 g/mol. The van der Waals surface area contributed by atoms with E-state index in [-0.39, 0.29) is 6.61 Å². The lowest BCUT2D eigenvalue weighted by Crippen LogP contribution is -2.09. The first-order valence-electron chi connectivity index (χ1n) is 7.44. The van der Waals surface area contributed by atoms with Crippen LogP contribution in [0.25, 0.3) is 0 Å². The number of para-hydroxylation sites is 1. The van der Waals surface area contributed by atoms with E-state index < -0.39 is 5.97 Å². The molecule has 0 spiro atoms. The Labute approximate surface area is 145 Å². The van der Waals surface area contributed by atoms with Gasteiger partial charge in [-0.3, -0.25) is 0 Å². The summed E-state index contributed by atoms with van der Waals surface area (Å²) in [7, 11) is 1.63. The number of nitrogens with zero attached hydrogens (tertiary/aromatic N) is 2. The summed E-state index contributed by atoms with van der Waals surface area (Å²) in [4.78, 5) is 16.3. The van der Waals surface area contributed by atoms with E-state index in [0.29, 0.717) is 27.6 Å². The molecule has 24 heavy (non-hydrogen) atoms. The number of rotatable bonds is 6. The van der Waals surface area contributed by atoms with E-state index in [2.05, 4.69) is 11.1 Å². The molecule has 0 radical (unpaired) electrons. The molecule has 6 heteroatoms. The fourth-order valence-corrected chi connectivity index (χ4v) is 3.15. The van der Waals surface area contributed by atoms with E-state index in [1.807, 2.05) is 24.3 Å². The van der Waals surface area contributed by atoms with Gasteiger partial charge in [0.2, 0.25) is 0 Å². The molecule has 0 atom stereocenters. The minimum Gasteiger partial charge on any atom is -0.496 e. The molecule has 0 aliphatic rings. The Bertz CT molecular complexity index is 784. The van der Waals surface area contributed by atoms with Crippen molar-refractivity contribution in [3.05, 3.63) is 52.7 Å². The molecule has 0 saturated heterocycles. The van der Waals surface area contributed by atoms with Crippen molar-refractivity contribution in [2.45, 2.75) is 24.6 Å². The first-order valence-corrected chi connectivity index (χ1v) is 8.42. The lowest BCUT2D eigenvalue weighted by molar-refractivity contribution is 0.0524. The van der Waals surface area contributed by atoms with Gasteiger partial charge in [-0.1, -0.05) is 18.2 Å². The third-order valence-corrected chi connectivity index (χ3v) is 4.39. The Balaban J connectivity index is 2.26. The molecule has 124 valence electrons. The van der Waals surface area contributed by atoms with Gasteiger partial charge in [0.05, 0.1) is 30.5 Å². The van der Waals surface area contributed by atoms with E-state index >= 15 is 0 Å². The SMILES string of the molecule is CCOC(=O)c1cc(C#N)c(SCc2ccccc2OC)nc1C. The molecule has 0 aliphatic heterocycles. The Morgan fingerprint density at radius 3 is 2.79 bits per heavy atom. The van der Waals surface area contributed by atoms with Crippen molar-refractivity contribution in [3.8, 4) is 11.8 Å². The largest absolute Gasteiger partial charge is 0.496 e. The number of pyridine rings is 1. The van der Waals surface area contributed by atoms with E-state index in [4.69, 9.17) is 9.47 Å². The van der Waals surface area contributed by atoms with Gasteiger partial charge < -0.3 is 9.47 Å². The average Bonchev–Trinajstić information content (AvgIpc) is 2.60. The summed E-state index contributed by atoms with van der Waals surface area (Å²) in [6, 6.07) is 11.4. The van der Waals surface area contributed by atoms with Gasteiger partial charge in [0.25, 0.3) is 0 Å². The summed E-state index contributed by atoms with van der Waals surface area (Å²) >= 11 is 1.44. The number of esters is 1. The quantitative estimate of drug-likeness (QED) is 0.588. The van der Waals surface area contributed by atoms with Crippen molar-refractivity contribution in [1.82, 2.24) is 4.98 Å². The zero-order valence-electron chi connectivity index (χ0n) is 13.8. The number of aromatic nitrogens is 1. The lowest BCUT2D eigenvalue weighted by atomic mass is 10.1. The molecular formula is C18H18N2O3S. The van der Waals surface area contributed by atoms with Gasteiger partial charge in [0.1, 0.15) is 16.8 Å². The van der Waals surface area contributed by atoms with Crippen LogP contribution >= 0.6 is 11.8 Å². The number of carbonyl (C=O) groups excluding carboxylic acids is 1. The zero-order chi connectivity index (χ0) is 17.5. The molecule has 0 aliphatic carbocycles. The number of ether oxygens (including phenoxy) is 2. The molecule has 5 nitrogen and oxygen atoms in total. The Kier molecular flexibility index (Phi) is 6.21. The lowest BCUT2D eigenvalue weighted by Gasteiger charge is -2.10. The molecule has 0 unspecified atom stereocenters. The summed E-state index contributed by atoms with van der Waals surface area (Å²) in [5.74, 6) is 0.952. The van der Waals surface area contributed by atoms with E-state index in [0.717, 1.165) is 11.3 Å². The number of hydrogen-bond donors (Lipinski definition) is 0. The maximum atomic E-state index is 11.9. The second-order valence-electron chi connectivity index (χ2n) is 4.91. The van der Waals surface area contributed by atoms with Crippen molar-refractivity contribution in [1.29, 1.82) is 5.26 Å². The van der Waals surface area contributed by atoms with Gasteiger partial charge in [-0.25, -0.2) is 9.78 Å². The summed E-state index contributed by atoms with van der Waals surface area (Å²) < 4.78 is 10.3. The van der Waals surface area contributed by atoms with Crippen LogP contribution in [0, 0.1) is 18.3 Å². The van der Waals surface area contributed by atoms with Crippen LogP contribution in [0.5, 0.6) is 5.75 Å². The molecule has 0 saturated carbocycles. The summed E-state index contributed by atoms with van der Waals surface area (Å²) in [6.45, 7) is 3.76. The number of nitriles is 1. The van der Waals surface area contributed by atoms with Gasteiger partial charge in [-0.05, 0) is 26.0 Å². The third-order valence-electron chi connectivity index (χ3n) is 3.35. The van der Waals surface area contributed by atoms with Crippen molar-refractivity contribution < 1.29 is 14.3 Å². The van der Waals surface area contributed by atoms with E-state index in [1.165, 1.54) is 11.8 Å². The molecule has 1 aromatic heterocycles. The summed E-state index contributed by atoms with van der Waals surface area (Å²) in [6.07, 6.45) is 0. The number of methoxy groups -OCH3 is 1. The van der Waals surface area contributed by atoms with Crippen molar-refractivity contribution in [3.63, 3.8) is 0 Å². The highest BCUT2D eigenvalue weighted by molar-refractivity contribution is 7.98. The highest BCUT2D eigenvalue weighted by Crippen LogP contribution is 2.29. The fourth-order valence-electron chi connectivity index (χ4n) is 2.16. The molecule has 2 rings (SSSR count). The first kappa shape index (κ1) is 17.8. The van der Waals surface area contributed by atoms with Crippen LogP contribution in [0.1, 0.15) is 34.1 Å². The van der Waals surface area contributed by atoms with Gasteiger partial charge in [-0.15, -0.1) is 11.8 Å². The second kappa shape index (κ2) is 8.37. The predicted molar refractivity (Wildman–Crippen MR) is 92.2 cm³/mol. The zero-order valence-corrected chi connectivity index (χ0v) is 14.6. The predicted octanol–water partition coefficient (Wildman–Crippen LogP) is 3.74. The van der Waals surface area contributed by atoms with Gasteiger partial charge >= 0.3 is 5.97 Å². The molecule has 2 aromatic rings. The molecule has 1 heterocycles. The molecular weight excluding hydrogens is 324 g/mol. The highest BCUT2D eigenvalue weighted by atomic mass is 32.2. The van der Waals surface area contributed by atoms with Gasteiger partial charge in [-0.2, -0.15) is 5.26 Å². The Hall–Kier alpha value is -2.52. The normalized spacial score (nSPS) is 10.1. The summed E-state index contributed by atoms with van der Waals surface area (Å²) in [5.41, 5.74) is 2.26. The van der Waals surface area contributed by atoms with Crippen LogP contribution in [-0.4, -0.2) is 24.7 Å². The van der Waals surface area contributed by atoms with Gasteiger partial charge in [0.15, 0.2) is 0 Å². The number of thioether (sulfide) groups is 1. The maximum absolute atomic E-state index is 11.9. The number of aryl methyl sites for hydroxylation is 1. The monoisotopic (exact) mass is 342 g/mol. The molecule has 0 amide bonds. The maximum Gasteiger partial charge on any atom is 0.340 e. The minimum absolute atomic E-state index is 0.282. The Morgan fingerprint density at radius 1 is 1.38 bits per heavy atom. The van der Waals surface area contributed by atoms with Crippen molar-refractivity contribution >= 4 is 17.7 Å². The summed E-state index contributed by atoms with van der Waals surface area (Å²) in [5, 5.41) is 9.95. The van der Waals surface area contributed by atoms with Crippen LogP contribution < -0.4 is 4.74 Å². The van der Waals surface area contributed by atoms with Crippen LogP contribution in [0.4, 0.5) is 0 Å². The minimum atomic E-state index is -0.458. The van der Waals surface area contributed by atoms with Crippen LogP contribution in [-0.2, 0) is 10.5 Å². The second-order valence-corrected chi connectivity index (χ2v) is 5.87. The van der Waals surface area contributed by atoms with Crippen molar-refractivity contribution in [2.24, 2.45) is 0 Å². The smallest absolute Gasteiger partial charge is 0.340 e. The van der Waals surface area contributed by atoms with Crippen molar-refractivity contribution in [2.75, 3.05) is 13.7 Å². The molecule has 1 aromatic carbocycles. The van der Waals surface area contributed by atoms with E-state index in [9.17, 15) is 10.1 Å². The van der Waals surface area contributed by atoms with Crippen LogP contribution in [0.15, 0.2) is 35.4 Å². The third kappa shape index (κ3) is 4.06. The standard InChI is InChI=1S/C18H18N2O3S/c1-4-23-18(21)15-9-14(10-19)17(20-12(15)2)24-11-13-7-5-6-8-16(13)22-3/h5-9H,4,11H2,1-3H3. The van der Waals surface area contributed by atoms with Gasteiger partial charge in [0, 0.05) is 11.3 Å². The highest BCUT2D eigenvalue weighted by Gasteiger charge is 2.16. The topological polar surface area (TPSA) is 72.2 Å². The number of benzene rings is 1. The van der Waals surface area contributed by atoms with E-state index in [1.54, 1.807) is 27.0 Å². The molecule has 0 fully saturated rings. The Morgan fingerprint density at radius 2 is 2.12 bits per heavy atom. The first-order chi connectivity index (χ1) is 11.6. The fraction of sp³-hybridized carbons (Fsp3) is 0.278. The number of carbonyl (C=O) groups is 1. The van der Waals surface area contributed by atoms with Crippen LogP contribution in [0.2, 0.25) is 0 Å². The molecule has 0 bridgehead atoms. The van der Waals surface area contributed by atoms with Crippen LogP contribution in [0.3, 0.4) is 0 Å².